The normalized spacial score (nSPS) is 10.6. The van der Waals surface area contributed by atoms with Gasteiger partial charge in [0.1, 0.15) is 11.5 Å². The molecule has 3 aromatic carbocycles. The lowest BCUT2D eigenvalue weighted by Gasteiger charge is -2.10. The van der Waals surface area contributed by atoms with Gasteiger partial charge in [-0.05, 0) is 60.2 Å². The lowest BCUT2D eigenvalue weighted by atomic mass is 10.1. The van der Waals surface area contributed by atoms with Gasteiger partial charge >= 0.3 is 5.97 Å². The average molecular weight is 403 g/mol. The fourth-order valence-electron chi connectivity index (χ4n) is 3.10. The van der Waals surface area contributed by atoms with Crippen LogP contribution in [0.4, 0.5) is 0 Å². The Bertz CT molecular complexity index is 1250. The average Bonchev–Trinajstić information content (AvgIpc) is 3.12. The molecule has 0 saturated heterocycles. The highest BCUT2D eigenvalue weighted by Gasteiger charge is 2.10. The van der Waals surface area contributed by atoms with Gasteiger partial charge in [0.05, 0.1) is 22.2 Å². The van der Waals surface area contributed by atoms with Crippen LogP contribution in [0.1, 0.15) is 21.5 Å². The highest BCUT2D eigenvalue weighted by atomic mass is 35.5. The first-order valence-corrected chi connectivity index (χ1v) is 9.20. The number of hydrogen-bond donors (Lipinski definition) is 1. The number of hydrogen-bond acceptors (Lipinski definition) is 3. The first kappa shape index (κ1) is 18.6. The fourth-order valence-corrected chi connectivity index (χ4v) is 3.32. The largest absolute Gasteiger partial charge is 0.478 e. The molecule has 0 fully saturated rings. The third kappa shape index (κ3) is 3.93. The van der Waals surface area contributed by atoms with Crippen molar-refractivity contribution in [3.05, 3.63) is 94.6 Å². The Morgan fingerprint density at radius 1 is 1.07 bits per heavy atom. The molecule has 142 valence electrons. The topological polar surface area (TPSA) is 75.2 Å². The zero-order valence-electron chi connectivity index (χ0n) is 15.2. The van der Waals surface area contributed by atoms with Crippen molar-refractivity contribution in [1.29, 1.82) is 5.26 Å². The molecule has 0 bridgehead atoms. The van der Waals surface area contributed by atoms with Crippen LogP contribution < -0.4 is 4.74 Å². The highest BCUT2D eigenvalue weighted by Crippen LogP contribution is 2.32. The maximum atomic E-state index is 11.0. The first-order chi connectivity index (χ1) is 14.0. The molecular weight excluding hydrogens is 388 g/mol. The van der Waals surface area contributed by atoms with Crippen molar-refractivity contribution in [1.82, 2.24) is 4.57 Å². The van der Waals surface area contributed by atoms with Gasteiger partial charge in [-0.3, -0.25) is 0 Å². The number of halogens is 1. The van der Waals surface area contributed by atoms with Crippen LogP contribution in [0.2, 0.25) is 5.02 Å². The van der Waals surface area contributed by atoms with E-state index in [2.05, 4.69) is 10.6 Å². The molecule has 5 nitrogen and oxygen atoms in total. The van der Waals surface area contributed by atoms with E-state index in [0.29, 0.717) is 23.6 Å². The molecule has 0 saturated carbocycles. The van der Waals surface area contributed by atoms with Gasteiger partial charge in [-0.1, -0.05) is 23.7 Å². The molecule has 0 unspecified atom stereocenters. The fraction of sp³-hybridized carbons (Fsp3) is 0.0435. The van der Waals surface area contributed by atoms with Crippen LogP contribution in [0.3, 0.4) is 0 Å². The summed E-state index contributed by atoms with van der Waals surface area (Å²) in [6, 6.07) is 21.7. The van der Waals surface area contributed by atoms with Crippen molar-refractivity contribution < 1.29 is 14.6 Å². The molecule has 1 aromatic heterocycles. The Balaban J connectivity index is 1.56. The van der Waals surface area contributed by atoms with E-state index in [1.54, 1.807) is 6.07 Å². The van der Waals surface area contributed by atoms with E-state index >= 15 is 0 Å². The van der Waals surface area contributed by atoms with E-state index in [4.69, 9.17) is 26.7 Å². The Morgan fingerprint density at radius 2 is 1.86 bits per heavy atom. The molecule has 0 aliphatic carbocycles. The van der Waals surface area contributed by atoms with E-state index < -0.39 is 5.97 Å². The lowest BCUT2D eigenvalue weighted by Crippen LogP contribution is -1.98. The van der Waals surface area contributed by atoms with Crippen LogP contribution in [0.5, 0.6) is 11.5 Å². The molecule has 1 heterocycles. The maximum absolute atomic E-state index is 11.0. The van der Waals surface area contributed by atoms with Crippen LogP contribution >= 0.6 is 11.6 Å². The number of ether oxygens (including phenoxy) is 1. The number of carboxylic acids is 1. The molecule has 29 heavy (non-hydrogen) atoms. The summed E-state index contributed by atoms with van der Waals surface area (Å²) < 4.78 is 7.96. The third-order valence-electron chi connectivity index (χ3n) is 4.59. The smallest absolute Gasteiger partial charge is 0.335 e. The van der Waals surface area contributed by atoms with Crippen molar-refractivity contribution in [2.45, 2.75) is 6.54 Å². The Morgan fingerprint density at radius 3 is 2.55 bits per heavy atom. The van der Waals surface area contributed by atoms with Gasteiger partial charge in [0.15, 0.2) is 0 Å². The summed E-state index contributed by atoms with van der Waals surface area (Å²) in [5, 5.41) is 19.2. The summed E-state index contributed by atoms with van der Waals surface area (Å²) in [5.41, 5.74) is 2.90. The third-order valence-corrected chi connectivity index (χ3v) is 4.88. The summed E-state index contributed by atoms with van der Waals surface area (Å²) in [4.78, 5) is 11.0. The predicted octanol–water partition coefficient (Wildman–Crippen LogP) is 5.71. The van der Waals surface area contributed by atoms with Crippen LogP contribution in [-0.4, -0.2) is 15.6 Å². The second-order valence-electron chi connectivity index (χ2n) is 6.53. The zero-order chi connectivity index (χ0) is 20.4. The number of carboxylic acid groups (broad SMARTS) is 1. The number of benzene rings is 3. The number of nitrogens with zero attached hydrogens (tertiary/aromatic N) is 2. The minimum absolute atomic E-state index is 0.109. The molecule has 4 rings (SSSR count). The summed E-state index contributed by atoms with van der Waals surface area (Å²) in [6.07, 6.45) is 2.00. The van der Waals surface area contributed by atoms with E-state index in [0.717, 1.165) is 16.5 Å². The number of aromatic nitrogens is 1. The van der Waals surface area contributed by atoms with Crippen LogP contribution in [0.15, 0.2) is 72.9 Å². The molecule has 0 spiro atoms. The highest BCUT2D eigenvalue weighted by molar-refractivity contribution is 6.32. The maximum Gasteiger partial charge on any atom is 0.335 e. The second kappa shape index (κ2) is 7.70. The number of rotatable bonds is 5. The van der Waals surface area contributed by atoms with Gasteiger partial charge in [0.25, 0.3) is 0 Å². The van der Waals surface area contributed by atoms with Gasteiger partial charge < -0.3 is 14.4 Å². The lowest BCUT2D eigenvalue weighted by molar-refractivity contribution is 0.0697. The molecule has 0 atom stereocenters. The SMILES string of the molecule is N#Cc1ccc(Cn2ccc3cc(Oc4ccc(C(=O)O)cc4Cl)ccc32)cc1. The Labute approximate surface area is 172 Å². The molecule has 0 aliphatic rings. The van der Waals surface area contributed by atoms with E-state index in [9.17, 15) is 4.79 Å². The van der Waals surface area contributed by atoms with E-state index in [1.807, 2.05) is 54.7 Å². The van der Waals surface area contributed by atoms with Gasteiger partial charge in [-0.25, -0.2) is 4.79 Å². The van der Waals surface area contributed by atoms with Gasteiger partial charge in [0.2, 0.25) is 0 Å². The van der Waals surface area contributed by atoms with Crippen molar-refractivity contribution in [2.24, 2.45) is 0 Å². The summed E-state index contributed by atoms with van der Waals surface area (Å²) in [5.74, 6) is -0.0323. The van der Waals surface area contributed by atoms with Gasteiger partial charge in [0, 0.05) is 23.6 Å². The zero-order valence-corrected chi connectivity index (χ0v) is 15.9. The minimum atomic E-state index is -1.04. The van der Waals surface area contributed by atoms with E-state index in [1.165, 1.54) is 12.1 Å². The van der Waals surface area contributed by atoms with Crippen LogP contribution in [0.25, 0.3) is 10.9 Å². The standard InChI is InChI=1S/C23H15ClN2O3/c24-20-12-18(23(27)28)5-8-22(20)29-19-6-7-21-17(11-19)9-10-26(21)14-16-3-1-15(13-25)2-4-16/h1-12H,14H2,(H,27,28). The van der Waals surface area contributed by atoms with Crippen molar-refractivity contribution >= 4 is 28.5 Å². The number of aromatic carboxylic acids is 1. The van der Waals surface area contributed by atoms with Crippen LogP contribution in [0, 0.1) is 11.3 Å². The molecule has 0 aliphatic heterocycles. The van der Waals surface area contributed by atoms with Crippen molar-refractivity contribution in [2.75, 3.05) is 0 Å². The number of nitriles is 1. The quantitative estimate of drug-likeness (QED) is 0.464. The van der Waals surface area contributed by atoms with Crippen LogP contribution in [-0.2, 0) is 6.54 Å². The Hall–Kier alpha value is -3.75. The predicted molar refractivity (Wildman–Crippen MR) is 111 cm³/mol. The molecule has 0 radical (unpaired) electrons. The van der Waals surface area contributed by atoms with Crippen molar-refractivity contribution in [3.8, 4) is 17.6 Å². The molecular formula is C23H15ClN2O3. The Kier molecular flexibility index (Phi) is 4.94. The first-order valence-electron chi connectivity index (χ1n) is 8.82. The minimum Gasteiger partial charge on any atom is -0.478 e. The molecule has 0 amide bonds. The summed E-state index contributed by atoms with van der Waals surface area (Å²) in [7, 11) is 0. The monoisotopic (exact) mass is 402 g/mol. The molecule has 1 N–H and O–H groups in total. The van der Waals surface area contributed by atoms with Gasteiger partial charge in [-0.2, -0.15) is 5.26 Å². The second-order valence-corrected chi connectivity index (χ2v) is 6.93. The molecule has 6 heteroatoms. The van der Waals surface area contributed by atoms with E-state index in [-0.39, 0.29) is 10.6 Å². The summed E-state index contributed by atoms with van der Waals surface area (Å²) >= 11 is 6.15. The molecule has 4 aromatic rings. The van der Waals surface area contributed by atoms with Gasteiger partial charge in [-0.15, -0.1) is 0 Å². The number of carbonyl (C=O) groups is 1. The number of fused-ring (bicyclic) bond motifs is 1. The summed E-state index contributed by atoms with van der Waals surface area (Å²) in [6.45, 7) is 0.692. The van der Waals surface area contributed by atoms with Crippen molar-refractivity contribution in [3.63, 3.8) is 0 Å².